The summed E-state index contributed by atoms with van der Waals surface area (Å²) in [6.07, 6.45) is 0. The predicted molar refractivity (Wildman–Crippen MR) is 135 cm³/mol. The topological polar surface area (TPSA) is 76.4 Å². The minimum atomic E-state index is -0.316. The summed E-state index contributed by atoms with van der Waals surface area (Å²) in [7, 11) is 0. The number of hydrogen-bond acceptors (Lipinski definition) is 5. The zero-order valence-electron chi connectivity index (χ0n) is 18.7. The highest BCUT2D eigenvalue weighted by Gasteiger charge is 2.12. The van der Waals surface area contributed by atoms with Gasteiger partial charge in [0.25, 0.3) is 5.91 Å². The second kappa shape index (κ2) is 9.83. The predicted octanol–water partition coefficient (Wildman–Crippen LogP) is 6.14. The maximum Gasteiger partial charge on any atom is 0.257 e. The molecule has 0 unspecified atom stereocenters. The van der Waals surface area contributed by atoms with Gasteiger partial charge in [0.15, 0.2) is 10.7 Å². The molecule has 33 heavy (non-hydrogen) atoms. The monoisotopic (exact) mass is 459 g/mol. The highest BCUT2D eigenvalue weighted by Crippen LogP contribution is 2.27. The van der Waals surface area contributed by atoms with Gasteiger partial charge in [-0.05, 0) is 79.2 Å². The Morgan fingerprint density at radius 2 is 1.88 bits per heavy atom. The third-order valence-electron chi connectivity index (χ3n) is 5.10. The third kappa shape index (κ3) is 5.38. The van der Waals surface area contributed by atoms with E-state index in [2.05, 4.69) is 41.6 Å². The number of carbonyl (C=O) groups excluding carboxylic acids is 1. The van der Waals surface area contributed by atoms with Gasteiger partial charge in [-0.2, -0.15) is 0 Å². The van der Waals surface area contributed by atoms with E-state index in [0.29, 0.717) is 46.5 Å². The van der Waals surface area contributed by atoms with Crippen molar-refractivity contribution in [1.29, 1.82) is 0 Å². The van der Waals surface area contributed by atoms with E-state index in [1.54, 1.807) is 24.3 Å². The molecule has 0 aliphatic rings. The van der Waals surface area contributed by atoms with E-state index in [-0.39, 0.29) is 11.0 Å². The largest absolute Gasteiger partial charge is 0.494 e. The number of nitrogens with one attached hydrogen (secondary N) is 2. The Morgan fingerprint density at radius 1 is 1.09 bits per heavy atom. The molecule has 0 aliphatic heterocycles. The Hall–Kier alpha value is -3.71. The lowest BCUT2D eigenvalue weighted by atomic mass is 10.0. The highest BCUT2D eigenvalue weighted by atomic mass is 32.1. The van der Waals surface area contributed by atoms with E-state index >= 15 is 0 Å². The molecule has 6 nitrogen and oxygen atoms in total. The average Bonchev–Trinajstić information content (AvgIpc) is 3.23. The molecule has 3 aromatic carbocycles. The van der Waals surface area contributed by atoms with Crippen LogP contribution in [0.5, 0.6) is 5.75 Å². The van der Waals surface area contributed by atoms with Gasteiger partial charge in [0.2, 0.25) is 5.89 Å². The van der Waals surface area contributed by atoms with Crippen molar-refractivity contribution in [2.24, 2.45) is 0 Å². The van der Waals surface area contributed by atoms with Gasteiger partial charge >= 0.3 is 0 Å². The van der Waals surface area contributed by atoms with E-state index in [9.17, 15) is 4.79 Å². The molecule has 0 fully saturated rings. The van der Waals surface area contributed by atoms with Crippen molar-refractivity contribution in [3.05, 3.63) is 77.9 Å². The molecule has 0 radical (unpaired) electrons. The van der Waals surface area contributed by atoms with Crippen LogP contribution in [-0.4, -0.2) is 22.6 Å². The van der Waals surface area contributed by atoms with Crippen molar-refractivity contribution < 1.29 is 13.9 Å². The van der Waals surface area contributed by atoms with Crippen molar-refractivity contribution in [3.63, 3.8) is 0 Å². The number of ether oxygens (including phenoxy) is 1. The van der Waals surface area contributed by atoms with E-state index in [1.807, 2.05) is 37.3 Å². The number of hydrogen-bond donors (Lipinski definition) is 2. The maximum absolute atomic E-state index is 12.5. The van der Waals surface area contributed by atoms with Gasteiger partial charge in [-0.15, -0.1) is 0 Å². The highest BCUT2D eigenvalue weighted by molar-refractivity contribution is 7.80. The van der Waals surface area contributed by atoms with Gasteiger partial charge in [-0.25, -0.2) is 4.98 Å². The molecule has 4 aromatic rings. The summed E-state index contributed by atoms with van der Waals surface area (Å²) < 4.78 is 11.4. The number of fused-ring (bicyclic) bond motifs is 1. The van der Waals surface area contributed by atoms with E-state index < -0.39 is 0 Å². The fourth-order valence-electron chi connectivity index (χ4n) is 3.37. The number of aromatic nitrogens is 1. The molecule has 0 saturated heterocycles. The van der Waals surface area contributed by atoms with Gasteiger partial charge in [0.05, 0.1) is 6.61 Å². The summed E-state index contributed by atoms with van der Waals surface area (Å²) >= 11 is 5.32. The second-order valence-electron chi connectivity index (χ2n) is 7.85. The van der Waals surface area contributed by atoms with E-state index in [1.165, 1.54) is 5.56 Å². The smallest absolute Gasteiger partial charge is 0.257 e. The first-order valence-electron chi connectivity index (χ1n) is 10.8. The number of anilines is 1. The minimum absolute atomic E-state index is 0.189. The molecule has 0 spiro atoms. The molecule has 7 heteroatoms. The summed E-state index contributed by atoms with van der Waals surface area (Å²) in [5, 5.41) is 5.91. The first-order valence-corrected chi connectivity index (χ1v) is 11.2. The fraction of sp³-hybridized carbons (Fsp3) is 0.192. The molecule has 0 bridgehead atoms. The summed E-state index contributed by atoms with van der Waals surface area (Å²) in [4.78, 5) is 17.1. The standard InChI is InChI=1S/C26H25N3O3S/c1-4-31-21-7-5-6-19(14-21)24(30)29-26(33)27-20-12-13-23-22(15-20)28-25(32-23)18-10-8-17(9-11-18)16(2)3/h5-16H,4H2,1-3H3,(H2,27,29,30,33). The molecule has 0 saturated carbocycles. The Balaban J connectivity index is 1.45. The number of thiocarbonyl (C=S) groups is 1. The number of oxazole rings is 1. The van der Waals surface area contributed by atoms with Crippen LogP contribution in [0.15, 0.2) is 71.1 Å². The molecular formula is C26H25N3O3S. The summed E-state index contributed by atoms with van der Waals surface area (Å²) in [6.45, 7) is 6.74. The molecule has 1 amide bonds. The van der Waals surface area contributed by atoms with Crippen molar-refractivity contribution in [2.75, 3.05) is 11.9 Å². The van der Waals surface area contributed by atoms with Crippen molar-refractivity contribution in [1.82, 2.24) is 10.3 Å². The number of carbonyl (C=O) groups is 1. The molecular weight excluding hydrogens is 434 g/mol. The number of amides is 1. The molecule has 168 valence electrons. The van der Waals surface area contributed by atoms with Crippen LogP contribution in [0, 0.1) is 0 Å². The lowest BCUT2D eigenvalue weighted by Crippen LogP contribution is -2.34. The fourth-order valence-corrected chi connectivity index (χ4v) is 3.58. The summed E-state index contributed by atoms with van der Waals surface area (Å²) in [5.74, 6) is 1.34. The van der Waals surface area contributed by atoms with Gasteiger partial charge in [-0.1, -0.05) is 32.0 Å². The van der Waals surface area contributed by atoms with E-state index in [4.69, 9.17) is 21.4 Å². The van der Waals surface area contributed by atoms with Crippen molar-refractivity contribution in [3.8, 4) is 17.2 Å². The Morgan fingerprint density at radius 3 is 2.61 bits per heavy atom. The van der Waals surface area contributed by atoms with Crippen LogP contribution in [0.25, 0.3) is 22.6 Å². The Labute approximate surface area is 198 Å². The number of nitrogens with zero attached hydrogens (tertiary/aromatic N) is 1. The van der Waals surface area contributed by atoms with Crippen LogP contribution < -0.4 is 15.4 Å². The number of rotatable bonds is 6. The lowest BCUT2D eigenvalue weighted by molar-refractivity contribution is 0.0977. The molecule has 0 aliphatic carbocycles. The molecule has 2 N–H and O–H groups in total. The Bertz CT molecular complexity index is 1300. The van der Waals surface area contributed by atoms with Gasteiger partial charge in [0, 0.05) is 16.8 Å². The second-order valence-corrected chi connectivity index (χ2v) is 8.26. The lowest BCUT2D eigenvalue weighted by Gasteiger charge is -2.10. The molecule has 4 rings (SSSR count). The Kier molecular flexibility index (Phi) is 6.70. The van der Waals surface area contributed by atoms with Crippen LogP contribution in [0.4, 0.5) is 5.69 Å². The summed E-state index contributed by atoms with van der Waals surface area (Å²) in [5.41, 5.74) is 4.72. The quantitative estimate of drug-likeness (QED) is 0.337. The van der Waals surface area contributed by atoms with E-state index in [0.717, 1.165) is 5.56 Å². The van der Waals surface area contributed by atoms with Crippen LogP contribution in [0.1, 0.15) is 42.6 Å². The number of benzene rings is 3. The maximum atomic E-state index is 12.5. The zero-order chi connectivity index (χ0) is 23.4. The SMILES string of the molecule is CCOc1cccc(C(=O)NC(=S)Nc2ccc3oc(-c4ccc(C(C)C)cc4)nc3c2)c1. The third-order valence-corrected chi connectivity index (χ3v) is 5.31. The van der Waals surface area contributed by atoms with Crippen LogP contribution in [0.2, 0.25) is 0 Å². The van der Waals surface area contributed by atoms with Gasteiger partial charge in [-0.3, -0.25) is 10.1 Å². The minimum Gasteiger partial charge on any atom is -0.494 e. The van der Waals surface area contributed by atoms with Crippen LogP contribution in [-0.2, 0) is 0 Å². The van der Waals surface area contributed by atoms with Crippen LogP contribution in [0.3, 0.4) is 0 Å². The first kappa shape index (κ1) is 22.5. The summed E-state index contributed by atoms with van der Waals surface area (Å²) in [6, 6.07) is 20.7. The average molecular weight is 460 g/mol. The van der Waals surface area contributed by atoms with Crippen molar-refractivity contribution >= 4 is 40.0 Å². The zero-order valence-corrected chi connectivity index (χ0v) is 19.5. The van der Waals surface area contributed by atoms with Gasteiger partial charge in [0.1, 0.15) is 11.3 Å². The normalized spacial score (nSPS) is 10.9. The molecule has 1 heterocycles. The molecule has 1 aromatic heterocycles. The van der Waals surface area contributed by atoms with Crippen molar-refractivity contribution in [2.45, 2.75) is 26.7 Å². The van der Waals surface area contributed by atoms with Gasteiger partial charge < -0.3 is 14.5 Å². The first-order chi connectivity index (χ1) is 15.9. The molecule has 0 atom stereocenters. The van der Waals surface area contributed by atoms with Crippen LogP contribution >= 0.6 is 12.2 Å².